The zero-order valence-electron chi connectivity index (χ0n) is 7.76. The van der Waals surface area contributed by atoms with Crippen LogP contribution in [0.5, 0.6) is 0 Å². The normalized spacial score (nSPS) is 12.4. The Hall–Kier alpha value is -1.16. The zero-order valence-corrected chi connectivity index (χ0v) is 10.9. The van der Waals surface area contributed by atoms with Crippen LogP contribution in [0.25, 0.3) is 0 Å². The van der Waals surface area contributed by atoms with Crippen molar-refractivity contribution in [3.8, 4) is 0 Å². The largest absolute Gasteiger partial charge is 0.480 e. The fraction of sp³-hybridized carbons (Fsp3) is 0.333. The lowest BCUT2D eigenvalue weighted by molar-refractivity contribution is -0.140. The number of rotatable bonds is 2. The number of hydrogen-bond acceptors (Lipinski definition) is 4. The SMILES string of the molecule is CC(C(=O)O)n1c(=O)n(Br)c(=O)n(Br)c1=O. The highest BCUT2D eigenvalue weighted by molar-refractivity contribution is 9.08. The Morgan fingerprint density at radius 1 is 1.12 bits per heavy atom. The molecule has 1 unspecified atom stereocenters. The van der Waals surface area contributed by atoms with Gasteiger partial charge in [0.25, 0.3) is 0 Å². The number of carboxylic acid groups (broad SMARTS) is 1. The van der Waals surface area contributed by atoms with Crippen LogP contribution in [0.1, 0.15) is 13.0 Å². The van der Waals surface area contributed by atoms with E-state index in [1.807, 2.05) is 0 Å². The lowest BCUT2D eigenvalue weighted by Gasteiger charge is -2.10. The third-order valence-electron chi connectivity index (χ3n) is 1.83. The second kappa shape index (κ2) is 4.37. The molecule has 0 aliphatic heterocycles. The second-order valence-corrected chi connectivity index (χ2v) is 4.21. The average Bonchev–Trinajstić information content (AvgIpc) is 2.23. The second-order valence-electron chi connectivity index (χ2n) is 2.79. The summed E-state index contributed by atoms with van der Waals surface area (Å²) in [7, 11) is 0. The summed E-state index contributed by atoms with van der Waals surface area (Å²) >= 11 is 5.24. The van der Waals surface area contributed by atoms with Gasteiger partial charge in [-0.25, -0.2) is 23.7 Å². The van der Waals surface area contributed by atoms with E-state index in [9.17, 15) is 19.2 Å². The molecule has 1 N–H and O–H groups in total. The van der Waals surface area contributed by atoms with E-state index in [1.165, 1.54) is 0 Å². The van der Waals surface area contributed by atoms with Gasteiger partial charge in [0, 0.05) is 0 Å². The number of carbonyl (C=O) groups is 1. The van der Waals surface area contributed by atoms with E-state index in [0.29, 0.717) is 11.8 Å². The monoisotopic (exact) mass is 357 g/mol. The molecule has 0 aliphatic carbocycles. The Balaban J connectivity index is 3.79. The van der Waals surface area contributed by atoms with E-state index in [-0.39, 0.29) is 0 Å². The van der Waals surface area contributed by atoms with Crippen LogP contribution >= 0.6 is 32.3 Å². The van der Waals surface area contributed by atoms with Crippen LogP contribution in [0.15, 0.2) is 14.4 Å². The lowest BCUT2D eigenvalue weighted by atomic mass is 10.3. The number of nitrogens with zero attached hydrogens (tertiary/aromatic N) is 3. The van der Waals surface area contributed by atoms with E-state index in [2.05, 4.69) is 32.3 Å². The number of aliphatic carboxylic acids is 1. The molecule has 0 radical (unpaired) electrons. The van der Waals surface area contributed by atoms with E-state index in [0.717, 1.165) is 6.92 Å². The minimum Gasteiger partial charge on any atom is -0.480 e. The van der Waals surface area contributed by atoms with Crippen molar-refractivity contribution in [1.29, 1.82) is 0 Å². The smallest absolute Gasteiger partial charge is 0.357 e. The number of aromatic nitrogens is 3. The summed E-state index contributed by atoms with van der Waals surface area (Å²) in [6, 6.07) is -1.38. The van der Waals surface area contributed by atoms with Crippen molar-refractivity contribution in [1.82, 2.24) is 11.8 Å². The third kappa shape index (κ3) is 1.89. The van der Waals surface area contributed by atoms with Crippen LogP contribution in [0.4, 0.5) is 0 Å². The van der Waals surface area contributed by atoms with Crippen molar-refractivity contribution in [3.05, 3.63) is 31.5 Å². The van der Waals surface area contributed by atoms with Gasteiger partial charge in [-0.15, -0.1) is 0 Å². The minimum absolute atomic E-state index is 0.424. The summed E-state index contributed by atoms with van der Waals surface area (Å²) in [5.41, 5.74) is -3.06. The van der Waals surface area contributed by atoms with Gasteiger partial charge in [-0.1, -0.05) is 0 Å². The highest BCUT2D eigenvalue weighted by Gasteiger charge is 2.22. The number of hydrogen-bond donors (Lipinski definition) is 1. The van der Waals surface area contributed by atoms with Crippen molar-refractivity contribution in [2.75, 3.05) is 0 Å². The Labute approximate surface area is 104 Å². The predicted molar refractivity (Wildman–Crippen MR) is 60.2 cm³/mol. The Morgan fingerprint density at radius 3 is 1.81 bits per heavy atom. The van der Waals surface area contributed by atoms with Gasteiger partial charge in [0.05, 0.1) is 32.3 Å². The molecule has 1 rings (SSSR count). The molecular formula is C6H5Br2N3O5. The van der Waals surface area contributed by atoms with Crippen molar-refractivity contribution >= 4 is 38.3 Å². The molecular weight excluding hydrogens is 354 g/mol. The van der Waals surface area contributed by atoms with Crippen molar-refractivity contribution < 1.29 is 9.90 Å². The molecule has 8 nitrogen and oxygen atoms in total. The summed E-state index contributed by atoms with van der Waals surface area (Å²) in [5.74, 6) is -1.36. The summed E-state index contributed by atoms with van der Waals surface area (Å²) in [6.45, 7) is 1.15. The molecule has 1 aromatic heterocycles. The highest BCUT2D eigenvalue weighted by atomic mass is 79.9. The molecule has 88 valence electrons. The maximum absolute atomic E-state index is 11.5. The minimum atomic E-state index is -1.38. The molecule has 0 fully saturated rings. The van der Waals surface area contributed by atoms with Crippen LogP contribution in [-0.4, -0.2) is 22.8 Å². The summed E-state index contributed by atoms with van der Waals surface area (Å²) in [4.78, 5) is 44.9. The fourth-order valence-electron chi connectivity index (χ4n) is 0.953. The summed E-state index contributed by atoms with van der Waals surface area (Å²) in [6.07, 6.45) is 0. The molecule has 0 bridgehead atoms. The van der Waals surface area contributed by atoms with Crippen molar-refractivity contribution in [2.45, 2.75) is 13.0 Å². The maximum Gasteiger partial charge on any atom is 0.357 e. The molecule has 0 aromatic carbocycles. The lowest BCUT2D eigenvalue weighted by Crippen LogP contribution is -2.51. The first kappa shape index (κ1) is 12.9. The van der Waals surface area contributed by atoms with Crippen molar-refractivity contribution in [2.24, 2.45) is 0 Å². The molecule has 0 spiro atoms. The van der Waals surface area contributed by atoms with E-state index in [1.54, 1.807) is 0 Å². The van der Waals surface area contributed by atoms with E-state index in [4.69, 9.17) is 5.11 Å². The number of carboxylic acids is 1. The first-order chi connectivity index (χ1) is 7.29. The van der Waals surface area contributed by atoms with Gasteiger partial charge in [-0.3, -0.25) is 0 Å². The summed E-state index contributed by atoms with van der Waals surface area (Å²) in [5, 5.41) is 8.71. The molecule has 1 aromatic rings. The van der Waals surface area contributed by atoms with Gasteiger partial charge in [0.2, 0.25) is 0 Å². The first-order valence-electron chi connectivity index (χ1n) is 3.84. The summed E-state index contributed by atoms with van der Waals surface area (Å²) < 4.78 is 1.32. The quantitative estimate of drug-likeness (QED) is 0.740. The molecule has 0 amide bonds. The van der Waals surface area contributed by atoms with Crippen LogP contribution in [0.2, 0.25) is 0 Å². The van der Waals surface area contributed by atoms with Gasteiger partial charge in [0.15, 0.2) is 0 Å². The van der Waals surface area contributed by atoms with Crippen molar-refractivity contribution in [3.63, 3.8) is 0 Å². The molecule has 1 heterocycles. The molecule has 0 saturated heterocycles. The number of halogens is 2. The third-order valence-corrected chi connectivity index (χ3v) is 3.04. The van der Waals surface area contributed by atoms with Gasteiger partial charge in [0.1, 0.15) is 6.04 Å². The Kier molecular flexibility index (Phi) is 3.53. The van der Waals surface area contributed by atoms with Gasteiger partial charge in [-0.05, 0) is 6.92 Å². The maximum atomic E-state index is 11.5. The van der Waals surface area contributed by atoms with Crippen LogP contribution in [-0.2, 0) is 4.79 Å². The predicted octanol–water partition coefficient (Wildman–Crippen LogP) is -0.867. The Morgan fingerprint density at radius 2 is 1.50 bits per heavy atom. The van der Waals surface area contributed by atoms with Crippen LogP contribution in [0, 0.1) is 0 Å². The molecule has 10 heteroatoms. The Bertz CT molecular complexity index is 572. The molecule has 0 saturated carbocycles. The topological polar surface area (TPSA) is 103 Å². The van der Waals surface area contributed by atoms with Gasteiger partial charge in [-0.2, -0.15) is 7.19 Å². The van der Waals surface area contributed by atoms with E-state index >= 15 is 0 Å². The van der Waals surface area contributed by atoms with Gasteiger partial charge < -0.3 is 5.11 Å². The van der Waals surface area contributed by atoms with E-state index < -0.39 is 29.1 Å². The molecule has 16 heavy (non-hydrogen) atoms. The molecule has 1 atom stereocenters. The standard InChI is InChI=1S/C6H5Br2N3O5/c1-2(3(12)13)9-4(14)10(7)6(16)11(8)5(9)15/h2H,1H3,(H,12,13). The van der Waals surface area contributed by atoms with Crippen LogP contribution < -0.4 is 17.1 Å². The van der Waals surface area contributed by atoms with Gasteiger partial charge >= 0.3 is 23.0 Å². The average molecular weight is 359 g/mol. The first-order valence-corrected chi connectivity index (χ1v) is 5.26. The van der Waals surface area contributed by atoms with Crippen LogP contribution in [0.3, 0.4) is 0 Å². The highest BCUT2D eigenvalue weighted by Crippen LogP contribution is 1.97. The fourth-order valence-corrected chi connectivity index (χ4v) is 1.83. The molecule has 0 aliphatic rings. The zero-order chi connectivity index (χ0) is 12.6.